The van der Waals surface area contributed by atoms with E-state index in [2.05, 4.69) is 10.1 Å². The van der Waals surface area contributed by atoms with Gasteiger partial charge in [0, 0.05) is 31.1 Å². The maximum atomic E-state index is 10.9. The zero-order valence-electron chi connectivity index (χ0n) is 11.9. The Labute approximate surface area is 121 Å². The van der Waals surface area contributed by atoms with Gasteiger partial charge in [-0.3, -0.25) is 10.1 Å². The molecule has 0 radical (unpaired) electrons. The van der Waals surface area contributed by atoms with Crippen LogP contribution >= 0.6 is 0 Å². The highest BCUT2D eigenvalue weighted by Crippen LogP contribution is 2.27. The van der Waals surface area contributed by atoms with Gasteiger partial charge in [-0.1, -0.05) is 25.1 Å². The Morgan fingerprint density at radius 3 is 2.86 bits per heavy atom. The molecule has 0 saturated heterocycles. The van der Waals surface area contributed by atoms with E-state index in [1.807, 2.05) is 24.8 Å². The standard InChI is InChI=1S/C14H16N4O3/c1-9(2)13-15-14(21-16-13)17-6-5-10-3-4-12(18(19)20)7-11(10)8-17/h3-4,7,9H,5-6,8H2,1-2H3. The van der Waals surface area contributed by atoms with Gasteiger partial charge in [-0.05, 0) is 17.5 Å². The van der Waals surface area contributed by atoms with Crippen molar-refractivity contribution in [3.8, 4) is 0 Å². The number of non-ortho nitro benzene ring substituents is 1. The van der Waals surface area contributed by atoms with Gasteiger partial charge >= 0.3 is 6.01 Å². The molecule has 0 atom stereocenters. The fraction of sp³-hybridized carbons (Fsp3) is 0.429. The van der Waals surface area contributed by atoms with E-state index in [-0.39, 0.29) is 16.5 Å². The molecule has 0 N–H and O–H groups in total. The summed E-state index contributed by atoms with van der Waals surface area (Å²) in [4.78, 5) is 16.8. The van der Waals surface area contributed by atoms with Crippen molar-refractivity contribution in [3.05, 3.63) is 45.3 Å². The number of aromatic nitrogens is 2. The van der Waals surface area contributed by atoms with Gasteiger partial charge in [0.2, 0.25) is 0 Å². The molecule has 7 heteroatoms. The molecule has 2 aromatic rings. The molecule has 0 saturated carbocycles. The van der Waals surface area contributed by atoms with Crippen molar-refractivity contribution >= 4 is 11.7 Å². The van der Waals surface area contributed by atoms with Gasteiger partial charge in [0.15, 0.2) is 5.82 Å². The van der Waals surface area contributed by atoms with Gasteiger partial charge < -0.3 is 9.42 Å². The number of hydrogen-bond acceptors (Lipinski definition) is 6. The zero-order valence-corrected chi connectivity index (χ0v) is 11.9. The van der Waals surface area contributed by atoms with Crippen LogP contribution in [0.5, 0.6) is 0 Å². The third-order valence-corrected chi connectivity index (χ3v) is 3.63. The fourth-order valence-electron chi connectivity index (χ4n) is 2.41. The van der Waals surface area contributed by atoms with Crippen LogP contribution in [0.4, 0.5) is 11.7 Å². The lowest BCUT2D eigenvalue weighted by atomic mass is 9.99. The average molecular weight is 288 g/mol. The van der Waals surface area contributed by atoms with Crippen molar-refractivity contribution in [1.82, 2.24) is 10.1 Å². The summed E-state index contributed by atoms with van der Waals surface area (Å²) in [6.07, 6.45) is 0.812. The summed E-state index contributed by atoms with van der Waals surface area (Å²) in [5.74, 6) is 0.885. The molecular formula is C14H16N4O3. The van der Waals surface area contributed by atoms with Crippen molar-refractivity contribution in [3.63, 3.8) is 0 Å². The SMILES string of the molecule is CC(C)c1noc(N2CCc3ccc([N+](=O)[O-])cc3C2)n1. The first kappa shape index (κ1) is 13.5. The number of hydrogen-bond donors (Lipinski definition) is 0. The molecule has 1 aromatic heterocycles. The summed E-state index contributed by atoms with van der Waals surface area (Å²) in [7, 11) is 0. The quantitative estimate of drug-likeness (QED) is 0.637. The molecule has 0 amide bonds. The normalized spacial score (nSPS) is 14.3. The van der Waals surface area contributed by atoms with E-state index in [1.165, 1.54) is 0 Å². The largest absolute Gasteiger partial charge is 0.324 e. The lowest BCUT2D eigenvalue weighted by Gasteiger charge is -2.26. The van der Waals surface area contributed by atoms with E-state index < -0.39 is 0 Å². The summed E-state index contributed by atoms with van der Waals surface area (Å²) in [5.41, 5.74) is 2.20. The Kier molecular flexibility index (Phi) is 3.32. The van der Waals surface area contributed by atoms with Gasteiger partial charge in [-0.15, -0.1) is 0 Å². The molecule has 1 aliphatic rings. The molecule has 0 aliphatic carbocycles. The van der Waals surface area contributed by atoms with E-state index >= 15 is 0 Å². The number of anilines is 1. The Hall–Kier alpha value is -2.44. The van der Waals surface area contributed by atoms with Gasteiger partial charge in [-0.2, -0.15) is 4.98 Å². The predicted octanol–water partition coefficient (Wildman–Crippen LogP) is 2.66. The third-order valence-electron chi connectivity index (χ3n) is 3.63. The summed E-state index contributed by atoms with van der Waals surface area (Å²) in [6.45, 7) is 5.33. The fourth-order valence-corrected chi connectivity index (χ4v) is 2.41. The number of nitrogens with zero attached hydrogens (tertiary/aromatic N) is 4. The molecule has 3 rings (SSSR count). The number of nitro groups is 1. The molecule has 2 heterocycles. The second kappa shape index (κ2) is 5.16. The zero-order chi connectivity index (χ0) is 15.0. The Balaban J connectivity index is 1.85. The first-order valence-corrected chi connectivity index (χ1v) is 6.89. The summed E-state index contributed by atoms with van der Waals surface area (Å²) >= 11 is 0. The van der Waals surface area contributed by atoms with Crippen molar-refractivity contribution in [2.45, 2.75) is 32.7 Å². The second-order valence-corrected chi connectivity index (χ2v) is 5.47. The van der Waals surface area contributed by atoms with Crippen LogP contribution < -0.4 is 4.90 Å². The molecule has 0 unspecified atom stereocenters. The first-order valence-electron chi connectivity index (χ1n) is 6.89. The number of nitro benzene ring substituents is 1. The van der Waals surface area contributed by atoms with Crippen LogP contribution in [0, 0.1) is 10.1 Å². The monoisotopic (exact) mass is 288 g/mol. The van der Waals surface area contributed by atoms with E-state index in [9.17, 15) is 10.1 Å². The van der Waals surface area contributed by atoms with Crippen molar-refractivity contribution in [2.75, 3.05) is 11.4 Å². The van der Waals surface area contributed by atoms with Crippen molar-refractivity contribution in [2.24, 2.45) is 0 Å². The van der Waals surface area contributed by atoms with Crippen LogP contribution in [-0.4, -0.2) is 21.6 Å². The van der Waals surface area contributed by atoms with Gasteiger partial charge in [0.05, 0.1) is 4.92 Å². The Morgan fingerprint density at radius 2 is 2.19 bits per heavy atom. The van der Waals surface area contributed by atoms with Crippen LogP contribution in [0.1, 0.15) is 36.7 Å². The van der Waals surface area contributed by atoms with Crippen LogP contribution in [0.15, 0.2) is 22.7 Å². The minimum absolute atomic E-state index is 0.115. The maximum absolute atomic E-state index is 10.9. The smallest absolute Gasteiger partial charge is 0.320 e. The van der Waals surface area contributed by atoms with E-state index in [0.29, 0.717) is 18.4 Å². The molecule has 21 heavy (non-hydrogen) atoms. The molecule has 1 aliphatic heterocycles. The molecule has 110 valence electrons. The highest BCUT2D eigenvalue weighted by atomic mass is 16.6. The van der Waals surface area contributed by atoms with E-state index in [0.717, 1.165) is 24.1 Å². The molecule has 0 bridgehead atoms. The molecule has 1 aromatic carbocycles. The predicted molar refractivity (Wildman–Crippen MR) is 76.2 cm³/mol. The lowest BCUT2D eigenvalue weighted by Crippen LogP contribution is -2.30. The van der Waals surface area contributed by atoms with Crippen molar-refractivity contribution in [1.29, 1.82) is 0 Å². The highest BCUT2D eigenvalue weighted by Gasteiger charge is 2.23. The summed E-state index contributed by atoms with van der Waals surface area (Å²) in [6, 6.07) is 5.49. The van der Waals surface area contributed by atoms with Crippen LogP contribution in [0.2, 0.25) is 0 Å². The minimum atomic E-state index is -0.372. The van der Waals surface area contributed by atoms with Crippen LogP contribution in [0.25, 0.3) is 0 Å². The van der Waals surface area contributed by atoms with Gasteiger partial charge in [0.1, 0.15) is 0 Å². The Bertz CT molecular complexity index is 681. The number of rotatable bonds is 3. The van der Waals surface area contributed by atoms with Gasteiger partial charge in [-0.25, -0.2) is 0 Å². The molecular weight excluding hydrogens is 272 g/mol. The molecule has 0 spiro atoms. The minimum Gasteiger partial charge on any atom is -0.320 e. The first-order chi connectivity index (χ1) is 10.0. The van der Waals surface area contributed by atoms with Gasteiger partial charge in [0.25, 0.3) is 5.69 Å². The topological polar surface area (TPSA) is 85.3 Å². The van der Waals surface area contributed by atoms with E-state index in [1.54, 1.807) is 12.1 Å². The molecule has 0 fully saturated rings. The molecule has 7 nitrogen and oxygen atoms in total. The number of fused-ring (bicyclic) bond motifs is 1. The van der Waals surface area contributed by atoms with Crippen LogP contribution in [-0.2, 0) is 13.0 Å². The summed E-state index contributed by atoms with van der Waals surface area (Å²) in [5, 5.41) is 14.8. The van der Waals surface area contributed by atoms with Crippen molar-refractivity contribution < 1.29 is 9.45 Å². The second-order valence-electron chi connectivity index (χ2n) is 5.47. The number of benzene rings is 1. The average Bonchev–Trinajstić information content (AvgIpc) is 2.96. The Morgan fingerprint density at radius 1 is 1.38 bits per heavy atom. The van der Waals surface area contributed by atoms with E-state index in [4.69, 9.17) is 4.52 Å². The highest BCUT2D eigenvalue weighted by molar-refractivity contribution is 5.45. The van der Waals surface area contributed by atoms with Crippen LogP contribution in [0.3, 0.4) is 0 Å². The third kappa shape index (κ3) is 2.58. The lowest BCUT2D eigenvalue weighted by molar-refractivity contribution is -0.384. The summed E-state index contributed by atoms with van der Waals surface area (Å²) < 4.78 is 5.29. The maximum Gasteiger partial charge on any atom is 0.324 e.